The summed E-state index contributed by atoms with van der Waals surface area (Å²) < 4.78 is 0. The number of aromatic hydroxyl groups is 2. The SMILES string of the molecule is Cc1c(O)cc2c(c1C)N(c1ccc(O)cc1)C1(CC2)CC1. The predicted molar refractivity (Wildman–Crippen MR) is 88.1 cm³/mol. The van der Waals surface area contributed by atoms with Crippen LogP contribution in [0.4, 0.5) is 11.4 Å². The Bertz CT molecular complexity index is 745. The lowest BCUT2D eigenvalue weighted by molar-refractivity contribution is 0.467. The van der Waals surface area contributed by atoms with E-state index in [1.807, 2.05) is 25.1 Å². The van der Waals surface area contributed by atoms with Gasteiger partial charge in [-0.15, -0.1) is 0 Å². The monoisotopic (exact) mass is 295 g/mol. The Labute approximate surface area is 130 Å². The Morgan fingerprint density at radius 3 is 2.27 bits per heavy atom. The highest BCUT2D eigenvalue weighted by Gasteiger charge is 2.51. The molecule has 22 heavy (non-hydrogen) atoms. The molecule has 1 aliphatic carbocycles. The van der Waals surface area contributed by atoms with Crippen molar-refractivity contribution in [3.63, 3.8) is 0 Å². The number of anilines is 2. The van der Waals surface area contributed by atoms with Crippen molar-refractivity contribution in [1.82, 2.24) is 0 Å². The topological polar surface area (TPSA) is 43.7 Å². The first kappa shape index (κ1) is 13.5. The number of aryl methyl sites for hydroxylation is 1. The van der Waals surface area contributed by atoms with Gasteiger partial charge in [0.1, 0.15) is 11.5 Å². The predicted octanol–water partition coefficient (Wildman–Crippen LogP) is 4.33. The van der Waals surface area contributed by atoms with Crippen molar-refractivity contribution in [2.24, 2.45) is 0 Å². The van der Waals surface area contributed by atoms with E-state index in [-0.39, 0.29) is 5.54 Å². The van der Waals surface area contributed by atoms with E-state index in [1.165, 1.54) is 24.1 Å². The standard InChI is InChI=1S/C19H21NO2/c1-12-13(2)18-14(11-17(12)22)7-8-19(9-10-19)20(18)15-3-5-16(21)6-4-15/h3-6,11,21-22H,7-10H2,1-2H3. The second-order valence-electron chi connectivity index (χ2n) is 6.73. The van der Waals surface area contributed by atoms with Crippen LogP contribution in [-0.2, 0) is 6.42 Å². The number of phenolic OH excluding ortho intramolecular Hbond substituents is 2. The van der Waals surface area contributed by atoms with Crippen molar-refractivity contribution in [2.45, 2.75) is 45.1 Å². The lowest BCUT2D eigenvalue weighted by Crippen LogP contribution is -2.38. The number of rotatable bonds is 1. The van der Waals surface area contributed by atoms with Gasteiger partial charge in [0.15, 0.2) is 0 Å². The Morgan fingerprint density at radius 2 is 1.64 bits per heavy atom. The van der Waals surface area contributed by atoms with Crippen molar-refractivity contribution in [3.8, 4) is 11.5 Å². The van der Waals surface area contributed by atoms with Crippen LogP contribution in [0.15, 0.2) is 30.3 Å². The molecular weight excluding hydrogens is 274 g/mol. The zero-order chi connectivity index (χ0) is 15.5. The number of nitrogens with zero attached hydrogens (tertiary/aromatic N) is 1. The average molecular weight is 295 g/mol. The van der Waals surface area contributed by atoms with Crippen molar-refractivity contribution < 1.29 is 10.2 Å². The highest BCUT2D eigenvalue weighted by atomic mass is 16.3. The van der Waals surface area contributed by atoms with Crippen LogP contribution in [0.2, 0.25) is 0 Å². The van der Waals surface area contributed by atoms with E-state index in [2.05, 4.69) is 11.8 Å². The number of fused-ring (bicyclic) bond motifs is 1. The Balaban J connectivity index is 1.94. The van der Waals surface area contributed by atoms with Gasteiger partial charge in [-0.1, -0.05) is 0 Å². The third-order valence-corrected chi connectivity index (χ3v) is 5.41. The molecule has 0 atom stereocenters. The molecule has 4 rings (SSSR count). The molecule has 2 aromatic carbocycles. The summed E-state index contributed by atoms with van der Waals surface area (Å²) in [5, 5.41) is 19.7. The smallest absolute Gasteiger partial charge is 0.119 e. The fourth-order valence-corrected chi connectivity index (χ4v) is 3.79. The lowest BCUT2D eigenvalue weighted by atomic mass is 9.89. The van der Waals surface area contributed by atoms with Gasteiger partial charge in [-0.05, 0) is 86.6 Å². The van der Waals surface area contributed by atoms with Gasteiger partial charge in [0.2, 0.25) is 0 Å². The van der Waals surface area contributed by atoms with E-state index in [4.69, 9.17) is 0 Å². The second-order valence-corrected chi connectivity index (χ2v) is 6.73. The van der Waals surface area contributed by atoms with Gasteiger partial charge in [-0.25, -0.2) is 0 Å². The van der Waals surface area contributed by atoms with Crippen LogP contribution in [0.1, 0.15) is 36.0 Å². The molecule has 1 fully saturated rings. The number of hydrogen-bond donors (Lipinski definition) is 2. The summed E-state index contributed by atoms with van der Waals surface area (Å²) in [4.78, 5) is 2.45. The molecule has 1 spiro atoms. The summed E-state index contributed by atoms with van der Waals surface area (Å²) in [6, 6.07) is 9.42. The van der Waals surface area contributed by atoms with Gasteiger partial charge >= 0.3 is 0 Å². The summed E-state index contributed by atoms with van der Waals surface area (Å²) >= 11 is 0. The zero-order valence-electron chi connectivity index (χ0n) is 13.1. The van der Waals surface area contributed by atoms with Crippen LogP contribution in [0.25, 0.3) is 0 Å². The molecule has 2 aromatic rings. The third kappa shape index (κ3) is 1.81. The van der Waals surface area contributed by atoms with Gasteiger partial charge in [0.25, 0.3) is 0 Å². The van der Waals surface area contributed by atoms with Crippen molar-refractivity contribution in [2.75, 3.05) is 4.90 Å². The van der Waals surface area contributed by atoms with Gasteiger partial charge < -0.3 is 15.1 Å². The molecule has 3 heteroatoms. The molecule has 0 aromatic heterocycles. The largest absolute Gasteiger partial charge is 0.508 e. The molecule has 2 aliphatic rings. The van der Waals surface area contributed by atoms with Gasteiger partial charge in [0, 0.05) is 16.9 Å². The maximum Gasteiger partial charge on any atom is 0.119 e. The molecule has 0 radical (unpaired) electrons. The second kappa shape index (κ2) is 4.42. The summed E-state index contributed by atoms with van der Waals surface area (Å²) in [6.07, 6.45) is 4.58. The van der Waals surface area contributed by atoms with E-state index >= 15 is 0 Å². The minimum Gasteiger partial charge on any atom is -0.508 e. The molecule has 0 saturated heterocycles. The minimum atomic E-state index is 0.234. The summed E-state index contributed by atoms with van der Waals surface area (Å²) in [7, 11) is 0. The first-order valence-corrected chi connectivity index (χ1v) is 7.93. The van der Waals surface area contributed by atoms with E-state index in [0.717, 1.165) is 29.7 Å². The molecular formula is C19H21NO2. The first-order chi connectivity index (χ1) is 10.5. The van der Waals surface area contributed by atoms with E-state index in [1.54, 1.807) is 12.1 Å². The van der Waals surface area contributed by atoms with Crippen molar-refractivity contribution in [1.29, 1.82) is 0 Å². The van der Waals surface area contributed by atoms with Gasteiger partial charge in [-0.3, -0.25) is 0 Å². The summed E-state index contributed by atoms with van der Waals surface area (Å²) in [5.41, 5.74) is 5.97. The summed E-state index contributed by atoms with van der Waals surface area (Å²) in [5.74, 6) is 0.693. The number of benzene rings is 2. The molecule has 1 heterocycles. The molecule has 1 aliphatic heterocycles. The number of phenols is 2. The fourth-order valence-electron chi connectivity index (χ4n) is 3.79. The maximum absolute atomic E-state index is 10.1. The molecule has 0 unspecified atom stereocenters. The van der Waals surface area contributed by atoms with E-state index in [9.17, 15) is 10.2 Å². The van der Waals surface area contributed by atoms with Crippen molar-refractivity contribution >= 4 is 11.4 Å². The fraction of sp³-hybridized carbons (Fsp3) is 0.368. The highest BCUT2D eigenvalue weighted by molar-refractivity contribution is 5.77. The van der Waals surface area contributed by atoms with Crippen LogP contribution in [-0.4, -0.2) is 15.8 Å². The van der Waals surface area contributed by atoms with Gasteiger partial charge in [-0.2, -0.15) is 0 Å². The Kier molecular flexibility index (Phi) is 2.71. The molecule has 1 saturated carbocycles. The van der Waals surface area contributed by atoms with Crippen LogP contribution < -0.4 is 4.90 Å². The van der Waals surface area contributed by atoms with Crippen LogP contribution >= 0.6 is 0 Å². The van der Waals surface area contributed by atoms with Crippen molar-refractivity contribution in [3.05, 3.63) is 47.0 Å². The normalized spacial score (nSPS) is 18.4. The van der Waals surface area contributed by atoms with Crippen LogP contribution in [0.3, 0.4) is 0 Å². The first-order valence-electron chi connectivity index (χ1n) is 7.93. The van der Waals surface area contributed by atoms with Crippen LogP contribution in [0, 0.1) is 13.8 Å². The van der Waals surface area contributed by atoms with Gasteiger partial charge in [0.05, 0.1) is 0 Å². The third-order valence-electron chi connectivity index (χ3n) is 5.41. The molecule has 114 valence electrons. The maximum atomic E-state index is 10.1. The summed E-state index contributed by atoms with van der Waals surface area (Å²) in [6.45, 7) is 4.08. The molecule has 0 amide bonds. The average Bonchev–Trinajstić information content (AvgIpc) is 3.27. The van der Waals surface area contributed by atoms with E-state index in [0.29, 0.717) is 11.5 Å². The molecule has 0 bridgehead atoms. The molecule has 2 N–H and O–H groups in total. The number of hydrogen-bond acceptors (Lipinski definition) is 3. The van der Waals surface area contributed by atoms with E-state index < -0.39 is 0 Å². The Hall–Kier alpha value is -2.16. The Morgan fingerprint density at radius 1 is 0.955 bits per heavy atom. The minimum absolute atomic E-state index is 0.234. The highest BCUT2D eigenvalue weighted by Crippen LogP contribution is 2.56. The molecule has 3 nitrogen and oxygen atoms in total. The lowest BCUT2D eigenvalue weighted by Gasteiger charge is -2.41. The quantitative estimate of drug-likeness (QED) is 0.823. The van der Waals surface area contributed by atoms with Crippen LogP contribution in [0.5, 0.6) is 11.5 Å². The zero-order valence-corrected chi connectivity index (χ0v) is 13.1.